The third kappa shape index (κ3) is 6.04. The van der Waals surface area contributed by atoms with Crippen molar-refractivity contribution in [3.63, 3.8) is 0 Å². The predicted octanol–water partition coefficient (Wildman–Crippen LogP) is 2.42. The summed E-state index contributed by atoms with van der Waals surface area (Å²) < 4.78 is 0. The minimum Gasteiger partial charge on any atom is -0.354 e. The number of anilines is 2. The number of hydrogen-bond acceptors (Lipinski definition) is 4. The van der Waals surface area contributed by atoms with Gasteiger partial charge in [-0.05, 0) is 29.6 Å². The number of hydrogen-bond donors (Lipinski definition) is 2. The van der Waals surface area contributed by atoms with Crippen LogP contribution in [0.15, 0.2) is 41.8 Å². The average molecular weight is 359 g/mol. The van der Waals surface area contributed by atoms with E-state index in [9.17, 15) is 14.4 Å². The van der Waals surface area contributed by atoms with Crippen molar-refractivity contribution in [2.24, 2.45) is 0 Å². The number of amides is 3. The Bertz CT molecular complexity index is 744. The Balaban J connectivity index is 1.93. The van der Waals surface area contributed by atoms with Gasteiger partial charge >= 0.3 is 0 Å². The van der Waals surface area contributed by atoms with Crippen LogP contribution in [0.4, 0.5) is 11.4 Å². The molecule has 2 rings (SSSR count). The fourth-order valence-electron chi connectivity index (χ4n) is 2.36. The van der Waals surface area contributed by atoms with Gasteiger partial charge in [0.1, 0.15) is 0 Å². The minimum atomic E-state index is -0.174. The number of carbonyl (C=O) groups is 3. The van der Waals surface area contributed by atoms with E-state index >= 15 is 0 Å². The number of nitrogens with one attached hydrogen (secondary N) is 2. The van der Waals surface area contributed by atoms with Gasteiger partial charge in [0, 0.05) is 43.2 Å². The van der Waals surface area contributed by atoms with Gasteiger partial charge in [-0.3, -0.25) is 14.4 Å². The molecule has 0 saturated heterocycles. The fourth-order valence-corrected chi connectivity index (χ4v) is 3.07. The van der Waals surface area contributed by atoms with Crippen LogP contribution in [0.3, 0.4) is 0 Å². The maximum absolute atomic E-state index is 11.9. The maximum Gasteiger partial charge on any atom is 0.225 e. The highest BCUT2D eigenvalue weighted by molar-refractivity contribution is 7.10. The summed E-state index contributed by atoms with van der Waals surface area (Å²) in [6.07, 6.45) is 0.343. The third-order valence-corrected chi connectivity index (χ3v) is 4.31. The Morgan fingerprint density at radius 3 is 2.56 bits per heavy atom. The monoisotopic (exact) mass is 359 g/mol. The number of benzene rings is 1. The Morgan fingerprint density at radius 1 is 1.12 bits per heavy atom. The normalized spacial score (nSPS) is 10.2. The van der Waals surface area contributed by atoms with Crippen molar-refractivity contribution < 1.29 is 14.4 Å². The lowest BCUT2D eigenvalue weighted by atomic mass is 10.2. The molecule has 0 aliphatic carbocycles. The zero-order chi connectivity index (χ0) is 18.2. The van der Waals surface area contributed by atoms with Crippen molar-refractivity contribution in [2.75, 3.05) is 23.3 Å². The molecule has 2 N–H and O–H groups in total. The second-order valence-electron chi connectivity index (χ2n) is 5.51. The SMILES string of the molecule is CC(=O)Nc1cccc(N(CCNC(=O)Cc2cccs2)C(C)=O)c1. The van der Waals surface area contributed by atoms with Crippen LogP contribution >= 0.6 is 11.3 Å². The average Bonchev–Trinajstić information content (AvgIpc) is 3.03. The van der Waals surface area contributed by atoms with Crippen LogP contribution in [0, 0.1) is 0 Å². The molecule has 0 saturated carbocycles. The quantitative estimate of drug-likeness (QED) is 0.797. The van der Waals surface area contributed by atoms with Gasteiger partial charge in [-0.15, -0.1) is 11.3 Å². The van der Waals surface area contributed by atoms with Crippen molar-refractivity contribution in [3.05, 3.63) is 46.7 Å². The van der Waals surface area contributed by atoms with E-state index in [0.29, 0.717) is 30.9 Å². The standard InChI is InChI=1S/C18H21N3O3S/c1-13(22)20-15-5-3-6-16(11-15)21(14(2)23)9-8-19-18(24)12-17-7-4-10-25-17/h3-7,10-11H,8-9,12H2,1-2H3,(H,19,24)(H,20,22). The molecule has 1 aromatic carbocycles. The van der Waals surface area contributed by atoms with Crippen molar-refractivity contribution in [1.82, 2.24) is 5.32 Å². The van der Waals surface area contributed by atoms with Crippen LogP contribution in [0.5, 0.6) is 0 Å². The Kier molecular flexibility index (Phi) is 6.71. The van der Waals surface area contributed by atoms with Gasteiger partial charge in [0.05, 0.1) is 6.42 Å². The summed E-state index contributed by atoms with van der Waals surface area (Å²) >= 11 is 1.54. The highest BCUT2D eigenvalue weighted by Gasteiger charge is 2.13. The van der Waals surface area contributed by atoms with Crippen molar-refractivity contribution in [2.45, 2.75) is 20.3 Å². The first-order chi connectivity index (χ1) is 12.0. The largest absolute Gasteiger partial charge is 0.354 e. The second-order valence-corrected chi connectivity index (χ2v) is 6.54. The van der Waals surface area contributed by atoms with Crippen molar-refractivity contribution >= 4 is 40.4 Å². The van der Waals surface area contributed by atoms with Gasteiger partial charge in [0.15, 0.2) is 0 Å². The lowest BCUT2D eigenvalue weighted by Gasteiger charge is -2.22. The summed E-state index contributed by atoms with van der Waals surface area (Å²) in [5.41, 5.74) is 1.30. The van der Waals surface area contributed by atoms with Gasteiger partial charge in [0.2, 0.25) is 17.7 Å². The van der Waals surface area contributed by atoms with Crippen LogP contribution in [0.2, 0.25) is 0 Å². The zero-order valence-corrected chi connectivity index (χ0v) is 15.1. The maximum atomic E-state index is 11.9. The van der Waals surface area contributed by atoms with E-state index in [2.05, 4.69) is 10.6 Å². The highest BCUT2D eigenvalue weighted by atomic mass is 32.1. The molecule has 0 aliphatic rings. The molecular weight excluding hydrogens is 338 g/mol. The van der Waals surface area contributed by atoms with Crippen LogP contribution in [-0.4, -0.2) is 30.8 Å². The van der Waals surface area contributed by atoms with Gasteiger partial charge in [-0.25, -0.2) is 0 Å². The molecule has 0 unspecified atom stereocenters. The molecule has 1 aromatic heterocycles. The van der Waals surface area contributed by atoms with E-state index < -0.39 is 0 Å². The summed E-state index contributed by atoms with van der Waals surface area (Å²) in [6.45, 7) is 3.61. The van der Waals surface area contributed by atoms with E-state index in [0.717, 1.165) is 4.88 Å². The van der Waals surface area contributed by atoms with Crippen LogP contribution in [0.1, 0.15) is 18.7 Å². The Hall–Kier alpha value is -2.67. The fraction of sp³-hybridized carbons (Fsp3) is 0.278. The molecule has 1 heterocycles. The minimum absolute atomic E-state index is 0.0713. The third-order valence-electron chi connectivity index (χ3n) is 3.43. The smallest absolute Gasteiger partial charge is 0.225 e. The molecule has 0 radical (unpaired) electrons. The van der Waals surface area contributed by atoms with Gasteiger partial charge in [0.25, 0.3) is 0 Å². The van der Waals surface area contributed by atoms with Crippen LogP contribution in [0.25, 0.3) is 0 Å². The summed E-state index contributed by atoms with van der Waals surface area (Å²) in [6, 6.07) is 10.9. The summed E-state index contributed by atoms with van der Waals surface area (Å²) in [7, 11) is 0. The second kappa shape index (κ2) is 8.98. The number of carbonyl (C=O) groups excluding carboxylic acids is 3. The van der Waals surface area contributed by atoms with Gasteiger partial charge < -0.3 is 15.5 Å². The molecular formula is C18H21N3O3S. The summed E-state index contributed by atoms with van der Waals surface area (Å²) in [5, 5.41) is 7.45. The van der Waals surface area contributed by atoms with Crippen molar-refractivity contribution in [3.8, 4) is 0 Å². The van der Waals surface area contributed by atoms with Crippen LogP contribution in [-0.2, 0) is 20.8 Å². The molecule has 7 heteroatoms. The molecule has 0 bridgehead atoms. The molecule has 3 amide bonds. The zero-order valence-electron chi connectivity index (χ0n) is 14.2. The highest BCUT2D eigenvalue weighted by Crippen LogP contribution is 2.19. The topological polar surface area (TPSA) is 78.5 Å². The Labute approximate surface area is 150 Å². The van der Waals surface area contributed by atoms with E-state index in [1.54, 1.807) is 29.2 Å². The first kappa shape index (κ1) is 18.7. The summed E-state index contributed by atoms with van der Waals surface area (Å²) in [5.74, 6) is -0.377. The van der Waals surface area contributed by atoms with E-state index in [4.69, 9.17) is 0 Å². The predicted molar refractivity (Wildman–Crippen MR) is 99.8 cm³/mol. The Morgan fingerprint density at radius 2 is 1.92 bits per heavy atom. The molecule has 132 valence electrons. The number of thiophene rings is 1. The first-order valence-corrected chi connectivity index (χ1v) is 8.78. The molecule has 0 fully saturated rings. The first-order valence-electron chi connectivity index (χ1n) is 7.90. The lowest BCUT2D eigenvalue weighted by Crippen LogP contribution is -2.38. The molecule has 2 aromatic rings. The number of nitrogens with zero attached hydrogens (tertiary/aromatic N) is 1. The number of rotatable bonds is 7. The molecule has 25 heavy (non-hydrogen) atoms. The molecule has 6 nitrogen and oxygen atoms in total. The lowest BCUT2D eigenvalue weighted by molar-refractivity contribution is -0.121. The van der Waals surface area contributed by atoms with E-state index in [1.165, 1.54) is 25.2 Å². The van der Waals surface area contributed by atoms with Gasteiger partial charge in [-0.1, -0.05) is 12.1 Å². The molecule has 0 spiro atoms. The van der Waals surface area contributed by atoms with Crippen LogP contribution < -0.4 is 15.5 Å². The van der Waals surface area contributed by atoms with E-state index in [1.807, 2.05) is 17.5 Å². The van der Waals surface area contributed by atoms with E-state index in [-0.39, 0.29) is 17.7 Å². The summed E-state index contributed by atoms with van der Waals surface area (Å²) in [4.78, 5) is 37.6. The van der Waals surface area contributed by atoms with Gasteiger partial charge in [-0.2, -0.15) is 0 Å². The van der Waals surface area contributed by atoms with Crippen molar-refractivity contribution in [1.29, 1.82) is 0 Å². The molecule has 0 aliphatic heterocycles. The molecule has 0 atom stereocenters.